The van der Waals surface area contributed by atoms with Gasteiger partial charge in [-0.3, -0.25) is 4.99 Å². The van der Waals surface area contributed by atoms with Gasteiger partial charge < -0.3 is 15.4 Å². The van der Waals surface area contributed by atoms with E-state index in [2.05, 4.69) is 53.7 Å². The van der Waals surface area contributed by atoms with Crippen LogP contribution in [0.15, 0.2) is 29.3 Å². The molecule has 0 spiro atoms. The fourth-order valence-corrected chi connectivity index (χ4v) is 1.90. The lowest BCUT2D eigenvalue weighted by Gasteiger charge is -2.11. The summed E-state index contributed by atoms with van der Waals surface area (Å²) < 4.78 is 5.29. The lowest BCUT2D eigenvalue weighted by molar-refractivity contribution is 0.155. The summed E-state index contributed by atoms with van der Waals surface area (Å²) in [6.07, 6.45) is 0.998. The van der Waals surface area contributed by atoms with Crippen LogP contribution >= 0.6 is 24.0 Å². The minimum Gasteiger partial charge on any atom is -0.380 e. The van der Waals surface area contributed by atoms with Crippen LogP contribution in [0.5, 0.6) is 0 Å². The molecule has 0 atom stereocenters. The van der Waals surface area contributed by atoms with Crippen molar-refractivity contribution in [3.05, 3.63) is 35.4 Å². The molecule has 0 bridgehead atoms. The normalized spacial score (nSPS) is 10.9. The Hall–Kier alpha value is -0.820. The van der Waals surface area contributed by atoms with E-state index in [9.17, 15) is 0 Å². The molecule has 1 aromatic rings. The van der Waals surface area contributed by atoms with Gasteiger partial charge in [0, 0.05) is 19.7 Å². The van der Waals surface area contributed by atoms with Crippen LogP contribution in [0.3, 0.4) is 0 Å². The summed E-state index contributed by atoms with van der Waals surface area (Å²) in [5.74, 6) is 0.861. The van der Waals surface area contributed by atoms with E-state index in [0.717, 1.165) is 32.1 Å². The molecule has 1 aromatic carbocycles. The summed E-state index contributed by atoms with van der Waals surface area (Å²) in [6, 6.07) is 8.61. The van der Waals surface area contributed by atoms with Crippen LogP contribution < -0.4 is 10.6 Å². The molecule has 0 aliphatic rings. The van der Waals surface area contributed by atoms with Crippen LogP contribution in [-0.2, 0) is 11.2 Å². The first-order valence-corrected chi connectivity index (χ1v) is 7.41. The number of halogens is 1. The number of hydrogen-bond donors (Lipinski definition) is 2. The molecule has 2 N–H and O–H groups in total. The number of hydrogen-bond acceptors (Lipinski definition) is 2. The largest absolute Gasteiger partial charge is 0.380 e. The second-order valence-electron chi connectivity index (χ2n) is 4.62. The molecule has 0 fully saturated rings. The summed E-state index contributed by atoms with van der Waals surface area (Å²) in [5, 5.41) is 6.59. The average Bonchev–Trinajstić information content (AvgIpc) is 2.43. The van der Waals surface area contributed by atoms with Crippen molar-refractivity contribution in [3.63, 3.8) is 0 Å². The Bertz CT molecular complexity index is 410. The molecule has 4 nitrogen and oxygen atoms in total. The molecule has 0 amide bonds. The highest BCUT2D eigenvalue weighted by molar-refractivity contribution is 14.0. The molecule has 0 unspecified atom stereocenters. The highest BCUT2D eigenvalue weighted by atomic mass is 127. The van der Waals surface area contributed by atoms with Crippen molar-refractivity contribution in [1.29, 1.82) is 0 Å². The van der Waals surface area contributed by atoms with E-state index < -0.39 is 0 Å². The van der Waals surface area contributed by atoms with Gasteiger partial charge in [-0.15, -0.1) is 24.0 Å². The molecule has 0 saturated carbocycles. The van der Waals surface area contributed by atoms with Crippen LogP contribution in [0, 0.1) is 6.92 Å². The highest BCUT2D eigenvalue weighted by Gasteiger charge is 1.98. The maximum Gasteiger partial charge on any atom is 0.191 e. The quantitative estimate of drug-likeness (QED) is 0.303. The summed E-state index contributed by atoms with van der Waals surface area (Å²) in [7, 11) is 0. The minimum absolute atomic E-state index is 0. The Labute approximate surface area is 145 Å². The van der Waals surface area contributed by atoms with Gasteiger partial charge in [0.2, 0.25) is 0 Å². The highest BCUT2D eigenvalue weighted by Crippen LogP contribution is 2.03. The van der Waals surface area contributed by atoms with Gasteiger partial charge in [0.15, 0.2) is 5.96 Å². The van der Waals surface area contributed by atoms with Gasteiger partial charge in [-0.05, 0) is 32.8 Å². The third-order valence-electron chi connectivity index (χ3n) is 2.84. The summed E-state index contributed by atoms with van der Waals surface area (Å²) in [6.45, 7) is 10.0. The van der Waals surface area contributed by atoms with E-state index in [1.165, 1.54) is 11.1 Å². The second-order valence-corrected chi connectivity index (χ2v) is 4.62. The predicted molar refractivity (Wildman–Crippen MR) is 101 cm³/mol. The van der Waals surface area contributed by atoms with Gasteiger partial charge >= 0.3 is 0 Å². The standard InChI is InChI=1S/C16H27N3O.HI/c1-4-17-16(19-11-12-20-5-2)18-10-9-15-8-6-7-14(3)13-15;/h6-8,13H,4-5,9-12H2,1-3H3,(H2,17,18,19);1H. The van der Waals surface area contributed by atoms with Crippen LogP contribution in [0.2, 0.25) is 0 Å². The number of guanidine groups is 1. The summed E-state index contributed by atoms with van der Waals surface area (Å²) in [4.78, 5) is 4.47. The van der Waals surface area contributed by atoms with Crippen molar-refractivity contribution < 1.29 is 4.74 Å². The van der Waals surface area contributed by atoms with E-state index >= 15 is 0 Å². The zero-order chi connectivity index (χ0) is 14.6. The maximum absolute atomic E-state index is 5.29. The van der Waals surface area contributed by atoms with Gasteiger partial charge in [0.25, 0.3) is 0 Å². The molecule has 0 aliphatic carbocycles. The first-order valence-electron chi connectivity index (χ1n) is 7.41. The van der Waals surface area contributed by atoms with E-state index in [1.54, 1.807) is 0 Å². The average molecular weight is 405 g/mol. The lowest BCUT2D eigenvalue weighted by Crippen LogP contribution is -2.38. The number of rotatable bonds is 8. The first kappa shape index (κ1) is 20.2. The van der Waals surface area contributed by atoms with Crippen molar-refractivity contribution in [2.45, 2.75) is 27.2 Å². The van der Waals surface area contributed by atoms with Gasteiger partial charge in [0.05, 0.1) is 13.2 Å². The molecule has 21 heavy (non-hydrogen) atoms. The van der Waals surface area contributed by atoms with E-state index in [1.807, 2.05) is 6.92 Å². The van der Waals surface area contributed by atoms with Crippen LogP contribution in [0.1, 0.15) is 25.0 Å². The number of benzene rings is 1. The minimum atomic E-state index is 0. The number of aliphatic imine (C=N–C) groups is 1. The van der Waals surface area contributed by atoms with Crippen LogP contribution in [0.4, 0.5) is 0 Å². The first-order chi connectivity index (χ1) is 9.76. The molecule has 0 aliphatic heterocycles. The molecule has 1 rings (SSSR count). The number of nitrogens with zero attached hydrogens (tertiary/aromatic N) is 1. The maximum atomic E-state index is 5.29. The van der Waals surface area contributed by atoms with Crippen molar-refractivity contribution >= 4 is 29.9 Å². The fourth-order valence-electron chi connectivity index (χ4n) is 1.90. The molecular formula is C16H28IN3O. The van der Waals surface area contributed by atoms with Crippen LogP contribution in [-0.4, -0.2) is 38.8 Å². The van der Waals surface area contributed by atoms with Gasteiger partial charge in [-0.1, -0.05) is 29.8 Å². The zero-order valence-corrected chi connectivity index (χ0v) is 15.6. The van der Waals surface area contributed by atoms with E-state index in [4.69, 9.17) is 4.74 Å². The van der Waals surface area contributed by atoms with Crippen molar-refractivity contribution in [2.24, 2.45) is 4.99 Å². The summed E-state index contributed by atoms with van der Waals surface area (Å²) >= 11 is 0. The third kappa shape index (κ3) is 9.68. The van der Waals surface area contributed by atoms with Crippen molar-refractivity contribution in [1.82, 2.24) is 10.6 Å². The Morgan fingerprint density at radius 1 is 1.24 bits per heavy atom. The van der Waals surface area contributed by atoms with Gasteiger partial charge in [-0.2, -0.15) is 0 Å². The van der Waals surface area contributed by atoms with E-state index in [0.29, 0.717) is 13.2 Å². The smallest absolute Gasteiger partial charge is 0.191 e. The van der Waals surface area contributed by atoms with Gasteiger partial charge in [0.1, 0.15) is 0 Å². The number of aryl methyl sites for hydroxylation is 1. The number of ether oxygens (including phenoxy) is 1. The Morgan fingerprint density at radius 2 is 2.05 bits per heavy atom. The molecule has 0 aromatic heterocycles. The molecule has 5 heteroatoms. The third-order valence-corrected chi connectivity index (χ3v) is 2.84. The number of nitrogens with one attached hydrogen (secondary N) is 2. The van der Waals surface area contributed by atoms with Crippen LogP contribution in [0.25, 0.3) is 0 Å². The van der Waals surface area contributed by atoms with Crippen molar-refractivity contribution in [2.75, 3.05) is 32.8 Å². The molecule has 120 valence electrons. The zero-order valence-electron chi connectivity index (χ0n) is 13.3. The van der Waals surface area contributed by atoms with Crippen molar-refractivity contribution in [3.8, 4) is 0 Å². The predicted octanol–water partition coefficient (Wildman–Crippen LogP) is 2.75. The molecule has 0 heterocycles. The Balaban J connectivity index is 0.00000400. The molecular weight excluding hydrogens is 377 g/mol. The Kier molecular flexibility index (Phi) is 12.4. The SMILES string of the molecule is CCNC(=NCCOCC)NCCc1cccc(C)c1.I. The van der Waals surface area contributed by atoms with E-state index in [-0.39, 0.29) is 24.0 Å². The fraction of sp³-hybridized carbons (Fsp3) is 0.562. The Morgan fingerprint density at radius 3 is 2.71 bits per heavy atom. The van der Waals surface area contributed by atoms with Gasteiger partial charge in [-0.25, -0.2) is 0 Å². The lowest BCUT2D eigenvalue weighted by atomic mass is 10.1. The molecule has 0 radical (unpaired) electrons. The topological polar surface area (TPSA) is 45.7 Å². The second kappa shape index (κ2) is 12.9. The monoisotopic (exact) mass is 405 g/mol. The summed E-state index contributed by atoms with van der Waals surface area (Å²) in [5.41, 5.74) is 2.66. The molecule has 0 saturated heterocycles.